The van der Waals surface area contributed by atoms with E-state index >= 15 is 0 Å². The fourth-order valence-corrected chi connectivity index (χ4v) is 4.31. The fraction of sp³-hybridized carbons (Fsp3) is 0.400. The van der Waals surface area contributed by atoms with Crippen molar-refractivity contribution in [2.75, 3.05) is 7.05 Å². The molecule has 1 aromatic heterocycles. The zero-order chi connectivity index (χ0) is 17.4. The Morgan fingerprint density at radius 1 is 1.26 bits per heavy atom. The fourth-order valence-electron chi connectivity index (χ4n) is 2.43. The van der Waals surface area contributed by atoms with E-state index in [1.54, 1.807) is 0 Å². The van der Waals surface area contributed by atoms with Crippen molar-refractivity contribution in [2.45, 2.75) is 38.8 Å². The smallest absolute Gasteiger partial charge is 0.244 e. The van der Waals surface area contributed by atoms with Crippen LogP contribution in [0.5, 0.6) is 0 Å². The first-order chi connectivity index (χ1) is 10.7. The zero-order valence-electron chi connectivity index (χ0n) is 13.5. The zero-order valence-corrected chi connectivity index (χ0v) is 15.8. The van der Waals surface area contributed by atoms with Crippen LogP contribution in [0.4, 0.5) is 0 Å². The Bertz CT molecular complexity index is 831. The summed E-state index contributed by atoms with van der Waals surface area (Å²) in [6.07, 6.45) is 0. The standard InChI is InChI=1S/C15H19Cl2N3O2S/c1-5-20-11(3)13(10(2)18-20)9-19(4)23(21,22)15-7-6-12(16)8-14(15)17/h6-8H,5,9H2,1-4H3. The van der Waals surface area contributed by atoms with E-state index in [9.17, 15) is 8.42 Å². The molecule has 0 amide bonds. The van der Waals surface area contributed by atoms with Crippen LogP contribution >= 0.6 is 23.2 Å². The van der Waals surface area contributed by atoms with Crippen LogP contribution < -0.4 is 0 Å². The summed E-state index contributed by atoms with van der Waals surface area (Å²) in [6.45, 7) is 6.79. The van der Waals surface area contributed by atoms with E-state index in [4.69, 9.17) is 23.2 Å². The number of hydrogen-bond acceptors (Lipinski definition) is 3. The number of nitrogens with zero attached hydrogens (tertiary/aromatic N) is 3. The third kappa shape index (κ3) is 3.55. The number of sulfonamides is 1. The molecule has 0 bridgehead atoms. The van der Waals surface area contributed by atoms with Crippen molar-refractivity contribution in [1.82, 2.24) is 14.1 Å². The van der Waals surface area contributed by atoms with Gasteiger partial charge in [0.2, 0.25) is 10.0 Å². The molecule has 5 nitrogen and oxygen atoms in total. The number of aromatic nitrogens is 2. The first kappa shape index (κ1) is 18.3. The Morgan fingerprint density at radius 3 is 2.43 bits per heavy atom. The van der Waals surface area contributed by atoms with Crippen molar-refractivity contribution in [3.8, 4) is 0 Å². The molecule has 8 heteroatoms. The predicted molar refractivity (Wildman–Crippen MR) is 92.5 cm³/mol. The topological polar surface area (TPSA) is 55.2 Å². The van der Waals surface area contributed by atoms with Crippen molar-refractivity contribution in [3.63, 3.8) is 0 Å². The van der Waals surface area contributed by atoms with Crippen LogP contribution in [0, 0.1) is 13.8 Å². The number of hydrogen-bond donors (Lipinski definition) is 0. The molecule has 2 aromatic rings. The van der Waals surface area contributed by atoms with Gasteiger partial charge < -0.3 is 0 Å². The van der Waals surface area contributed by atoms with Gasteiger partial charge in [-0.1, -0.05) is 23.2 Å². The van der Waals surface area contributed by atoms with Crippen LogP contribution in [-0.2, 0) is 23.1 Å². The van der Waals surface area contributed by atoms with E-state index < -0.39 is 10.0 Å². The molecule has 0 unspecified atom stereocenters. The monoisotopic (exact) mass is 375 g/mol. The molecule has 0 aliphatic carbocycles. The molecule has 0 spiro atoms. The highest BCUT2D eigenvalue weighted by atomic mass is 35.5. The number of halogens is 2. The van der Waals surface area contributed by atoms with Gasteiger partial charge in [0, 0.05) is 36.4 Å². The molecule has 0 aliphatic heterocycles. The van der Waals surface area contributed by atoms with Crippen LogP contribution in [0.2, 0.25) is 10.0 Å². The van der Waals surface area contributed by atoms with Gasteiger partial charge in [0.05, 0.1) is 10.7 Å². The van der Waals surface area contributed by atoms with Gasteiger partial charge in [0.15, 0.2) is 0 Å². The Kier molecular flexibility index (Phi) is 5.41. The van der Waals surface area contributed by atoms with Crippen molar-refractivity contribution in [1.29, 1.82) is 0 Å². The molecule has 0 aliphatic rings. The van der Waals surface area contributed by atoms with Crippen LogP contribution in [0.1, 0.15) is 23.9 Å². The maximum absolute atomic E-state index is 12.7. The summed E-state index contributed by atoms with van der Waals surface area (Å²) < 4.78 is 28.6. The lowest BCUT2D eigenvalue weighted by molar-refractivity contribution is 0.465. The van der Waals surface area contributed by atoms with Crippen LogP contribution in [-0.4, -0.2) is 29.6 Å². The summed E-state index contributed by atoms with van der Waals surface area (Å²) in [5, 5.41) is 4.93. The Morgan fingerprint density at radius 2 is 1.91 bits per heavy atom. The number of aryl methyl sites for hydroxylation is 2. The molecule has 0 saturated carbocycles. The van der Waals surface area contributed by atoms with Gasteiger partial charge in [-0.15, -0.1) is 0 Å². The van der Waals surface area contributed by atoms with Gasteiger partial charge in [0.25, 0.3) is 0 Å². The van der Waals surface area contributed by atoms with Crippen molar-refractivity contribution < 1.29 is 8.42 Å². The van der Waals surface area contributed by atoms with Gasteiger partial charge in [-0.05, 0) is 39.0 Å². The molecule has 0 saturated heterocycles. The Labute approximate surface area is 146 Å². The summed E-state index contributed by atoms with van der Waals surface area (Å²) >= 11 is 11.9. The predicted octanol–water partition coefficient (Wildman–Crippen LogP) is 3.65. The van der Waals surface area contributed by atoms with Gasteiger partial charge >= 0.3 is 0 Å². The van der Waals surface area contributed by atoms with Crippen molar-refractivity contribution >= 4 is 33.2 Å². The summed E-state index contributed by atoms with van der Waals surface area (Å²) in [5.74, 6) is 0. The molecule has 1 aromatic carbocycles. The second kappa shape index (κ2) is 6.81. The quantitative estimate of drug-likeness (QED) is 0.801. The van der Waals surface area contributed by atoms with Gasteiger partial charge in [0.1, 0.15) is 4.90 Å². The Hall–Kier alpha value is -1.08. The minimum absolute atomic E-state index is 0.0456. The number of benzene rings is 1. The van der Waals surface area contributed by atoms with Gasteiger partial charge in [-0.25, -0.2) is 8.42 Å². The molecule has 0 atom stereocenters. The second-order valence-corrected chi connectivity index (χ2v) is 8.16. The lowest BCUT2D eigenvalue weighted by Crippen LogP contribution is -2.27. The third-order valence-corrected chi connectivity index (χ3v) is 6.32. The maximum Gasteiger partial charge on any atom is 0.244 e. The highest BCUT2D eigenvalue weighted by molar-refractivity contribution is 7.89. The summed E-state index contributed by atoms with van der Waals surface area (Å²) in [5.41, 5.74) is 2.70. The molecule has 0 N–H and O–H groups in total. The summed E-state index contributed by atoms with van der Waals surface area (Å²) in [7, 11) is -2.18. The van der Waals surface area contributed by atoms with E-state index in [-0.39, 0.29) is 16.5 Å². The third-order valence-electron chi connectivity index (χ3n) is 3.79. The minimum Gasteiger partial charge on any atom is -0.270 e. The normalized spacial score (nSPS) is 12.1. The van der Waals surface area contributed by atoms with E-state index in [0.717, 1.165) is 23.5 Å². The van der Waals surface area contributed by atoms with Crippen molar-refractivity contribution in [2.24, 2.45) is 0 Å². The molecule has 0 fully saturated rings. The number of rotatable bonds is 5. The van der Waals surface area contributed by atoms with Crippen LogP contribution in [0.25, 0.3) is 0 Å². The largest absolute Gasteiger partial charge is 0.270 e. The highest BCUT2D eigenvalue weighted by Crippen LogP contribution is 2.28. The minimum atomic E-state index is -3.71. The van der Waals surface area contributed by atoms with E-state index in [0.29, 0.717) is 5.02 Å². The van der Waals surface area contributed by atoms with Crippen LogP contribution in [0.15, 0.2) is 23.1 Å². The van der Waals surface area contributed by atoms with Crippen molar-refractivity contribution in [3.05, 3.63) is 45.2 Å². The average molecular weight is 376 g/mol. The van der Waals surface area contributed by atoms with Gasteiger partial charge in [-0.2, -0.15) is 9.40 Å². The molecule has 0 radical (unpaired) electrons. The lowest BCUT2D eigenvalue weighted by Gasteiger charge is -2.18. The molecular weight excluding hydrogens is 357 g/mol. The van der Waals surface area contributed by atoms with Crippen LogP contribution in [0.3, 0.4) is 0 Å². The molecule has 1 heterocycles. The first-order valence-electron chi connectivity index (χ1n) is 7.12. The molecule has 2 rings (SSSR count). The van der Waals surface area contributed by atoms with E-state index in [1.165, 1.54) is 29.6 Å². The van der Waals surface area contributed by atoms with E-state index in [1.807, 2.05) is 25.5 Å². The highest BCUT2D eigenvalue weighted by Gasteiger charge is 2.25. The second-order valence-electron chi connectivity index (χ2n) is 5.30. The van der Waals surface area contributed by atoms with Gasteiger partial charge in [-0.3, -0.25) is 4.68 Å². The molecular formula is C15H19Cl2N3O2S. The Balaban J connectivity index is 2.36. The molecule has 23 heavy (non-hydrogen) atoms. The SMILES string of the molecule is CCn1nc(C)c(CN(C)S(=O)(=O)c2ccc(Cl)cc2Cl)c1C. The first-order valence-corrected chi connectivity index (χ1v) is 9.32. The summed E-state index contributed by atoms with van der Waals surface area (Å²) in [4.78, 5) is 0.0456. The maximum atomic E-state index is 12.7. The molecule has 126 valence electrons. The van der Waals surface area contributed by atoms with E-state index in [2.05, 4.69) is 5.10 Å². The summed E-state index contributed by atoms with van der Waals surface area (Å²) in [6, 6.07) is 4.36. The average Bonchev–Trinajstić information content (AvgIpc) is 2.74. The lowest BCUT2D eigenvalue weighted by atomic mass is 10.2.